The molecule has 5 nitrogen and oxygen atoms in total. The molecule has 1 saturated heterocycles. The zero-order valence-electron chi connectivity index (χ0n) is 17.2. The summed E-state index contributed by atoms with van der Waals surface area (Å²) in [4.78, 5) is 17.0. The van der Waals surface area contributed by atoms with Gasteiger partial charge in [-0.2, -0.15) is 0 Å². The van der Waals surface area contributed by atoms with Gasteiger partial charge in [-0.3, -0.25) is 14.6 Å². The average Bonchev–Trinajstić information content (AvgIpc) is 3.09. The second-order valence-electron chi connectivity index (χ2n) is 8.53. The third kappa shape index (κ3) is 6.22. The quantitative estimate of drug-likeness (QED) is 0.761. The van der Waals surface area contributed by atoms with E-state index in [9.17, 15) is 4.79 Å². The van der Waals surface area contributed by atoms with Crippen molar-refractivity contribution < 1.29 is 9.53 Å². The summed E-state index contributed by atoms with van der Waals surface area (Å²) in [5.74, 6) is 1.91. The second kappa shape index (κ2) is 9.56. The van der Waals surface area contributed by atoms with E-state index in [1.165, 1.54) is 11.1 Å². The molecule has 1 fully saturated rings. The first-order valence-corrected chi connectivity index (χ1v) is 10.5. The summed E-state index contributed by atoms with van der Waals surface area (Å²) in [5.41, 5.74) is 2.71. The first-order valence-electron chi connectivity index (χ1n) is 10.5. The first kappa shape index (κ1) is 20.2. The summed E-state index contributed by atoms with van der Waals surface area (Å²) in [7, 11) is 0. The van der Waals surface area contributed by atoms with Crippen molar-refractivity contribution in [3.05, 3.63) is 29.3 Å². The Morgan fingerprint density at radius 1 is 1.11 bits per heavy atom. The lowest BCUT2D eigenvalue weighted by Crippen LogP contribution is -2.50. The lowest BCUT2D eigenvalue weighted by atomic mass is 10.0. The maximum Gasteiger partial charge on any atom is 0.234 e. The monoisotopic (exact) mass is 373 g/mol. The highest BCUT2D eigenvalue weighted by Gasteiger charge is 2.20. The molecule has 1 aromatic carbocycles. The highest BCUT2D eigenvalue weighted by atomic mass is 16.5. The van der Waals surface area contributed by atoms with Gasteiger partial charge < -0.3 is 10.1 Å². The van der Waals surface area contributed by atoms with Crippen molar-refractivity contribution >= 4 is 5.91 Å². The Morgan fingerprint density at radius 2 is 1.85 bits per heavy atom. The number of carbonyl (C=O) groups excluding carboxylic acids is 1. The smallest absolute Gasteiger partial charge is 0.234 e. The molecular formula is C22H35N3O2. The molecule has 5 heteroatoms. The number of hydrogen-bond acceptors (Lipinski definition) is 4. The standard InChI is InChI=1S/C22H35N3O2/c1-17(2)4-5-18(3)23-22(26)16-25-11-9-24(10-12-25)15-19-6-7-21-20(14-19)8-13-27-21/h6-7,14,17-18H,4-5,8-13,15-16H2,1-3H3,(H,23,26)/t18-/m1/s1. The van der Waals surface area contributed by atoms with Gasteiger partial charge in [0.15, 0.2) is 0 Å². The number of nitrogens with zero attached hydrogens (tertiary/aromatic N) is 2. The number of carbonyl (C=O) groups is 1. The van der Waals surface area contributed by atoms with Crippen LogP contribution in [0.1, 0.15) is 44.7 Å². The fourth-order valence-electron chi connectivity index (χ4n) is 3.88. The molecule has 0 bridgehead atoms. The van der Waals surface area contributed by atoms with Gasteiger partial charge in [0.25, 0.3) is 0 Å². The van der Waals surface area contributed by atoms with Crippen molar-refractivity contribution in [2.45, 2.75) is 52.6 Å². The summed E-state index contributed by atoms with van der Waals surface area (Å²) >= 11 is 0. The number of amides is 1. The Morgan fingerprint density at radius 3 is 2.59 bits per heavy atom. The molecule has 2 heterocycles. The van der Waals surface area contributed by atoms with Crippen molar-refractivity contribution in [3.8, 4) is 5.75 Å². The van der Waals surface area contributed by atoms with Gasteiger partial charge in [0.05, 0.1) is 13.2 Å². The fourth-order valence-corrected chi connectivity index (χ4v) is 3.88. The summed E-state index contributed by atoms with van der Waals surface area (Å²) in [6.07, 6.45) is 3.25. The van der Waals surface area contributed by atoms with Crippen molar-refractivity contribution in [2.24, 2.45) is 5.92 Å². The molecule has 0 aromatic heterocycles. The number of fused-ring (bicyclic) bond motifs is 1. The normalized spacial score (nSPS) is 19.0. The predicted octanol–water partition coefficient (Wildman–Crippen LogP) is 2.68. The minimum Gasteiger partial charge on any atom is -0.493 e. The van der Waals surface area contributed by atoms with Gasteiger partial charge in [-0.25, -0.2) is 0 Å². The highest BCUT2D eigenvalue weighted by Crippen LogP contribution is 2.26. The highest BCUT2D eigenvalue weighted by molar-refractivity contribution is 5.78. The molecule has 1 atom stereocenters. The zero-order chi connectivity index (χ0) is 19.2. The molecule has 1 aromatic rings. The number of benzene rings is 1. The fraction of sp³-hybridized carbons (Fsp3) is 0.682. The largest absolute Gasteiger partial charge is 0.493 e. The molecule has 0 saturated carbocycles. The van der Waals surface area contributed by atoms with Gasteiger partial charge in [0.1, 0.15) is 5.75 Å². The van der Waals surface area contributed by atoms with E-state index < -0.39 is 0 Å². The van der Waals surface area contributed by atoms with Crippen molar-refractivity contribution in [1.82, 2.24) is 15.1 Å². The maximum atomic E-state index is 12.3. The Balaban J connectivity index is 1.37. The number of rotatable bonds is 8. The summed E-state index contributed by atoms with van der Waals surface area (Å²) < 4.78 is 5.59. The lowest BCUT2D eigenvalue weighted by molar-refractivity contribution is -0.123. The van der Waals surface area contributed by atoms with Gasteiger partial charge in [-0.15, -0.1) is 0 Å². The molecule has 2 aliphatic rings. The topological polar surface area (TPSA) is 44.8 Å². The molecule has 3 rings (SSSR count). The number of ether oxygens (including phenoxy) is 1. The second-order valence-corrected chi connectivity index (χ2v) is 8.53. The Kier molecular flexibility index (Phi) is 7.13. The Hall–Kier alpha value is -1.59. The van der Waals surface area contributed by atoms with Gasteiger partial charge in [-0.05, 0) is 42.9 Å². The van der Waals surface area contributed by atoms with Crippen LogP contribution in [-0.2, 0) is 17.8 Å². The van der Waals surface area contributed by atoms with Gasteiger partial charge in [0, 0.05) is 45.2 Å². The van der Waals surface area contributed by atoms with E-state index in [1.807, 2.05) is 0 Å². The molecule has 0 unspecified atom stereocenters. The van der Waals surface area contributed by atoms with E-state index in [1.54, 1.807) is 0 Å². The van der Waals surface area contributed by atoms with Crippen LogP contribution in [0.3, 0.4) is 0 Å². The minimum absolute atomic E-state index is 0.165. The molecule has 0 aliphatic carbocycles. The SMILES string of the molecule is CC(C)CC[C@@H](C)NC(=O)CN1CCN(Cc2ccc3c(c2)CCO3)CC1. The van der Waals surface area contributed by atoms with Crippen molar-refractivity contribution in [3.63, 3.8) is 0 Å². The summed E-state index contributed by atoms with van der Waals surface area (Å²) in [6, 6.07) is 6.85. The van der Waals surface area contributed by atoms with Gasteiger partial charge in [-0.1, -0.05) is 26.0 Å². The Labute approximate surface area is 164 Å². The number of piperazine rings is 1. The van der Waals surface area contributed by atoms with E-state index >= 15 is 0 Å². The minimum atomic E-state index is 0.165. The first-order chi connectivity index (χ1) is 13.0. The summed E-state index contributed by atoms with van der Waals surface area (Å²) in [5, 5.41) is 3.15. The molecule has 1 N–H and O–H groups in total. The van der Waals surface area contributed by atoms with E-state index in [0.717, 1.165) is 64.3 Å². The van der Waals surface area contributed by atoms with Crippen LogP contribution in [0.4, 0.5) is 0 Å². The van der Waals surface area contributed by atoms with E-state index in [4.69, 9.17) is 4.74 Å². The molecule has 2 aliphatic heterocycles. The molecule has 150 valence electrons. The van der Waals surface area contributed by atoms with E-state index in [2.05, 4.69) is 54.1 Å². The van der Waals surface area contributed by atoms with Crippen LogP contribution >= 0.6 is 0 Å². The third-order valence-electron chi connectivity index (χ3n) is 5.58. The van der Waals surface area contributed by atoms with Crippen LogP contribution < -0.4 is 10.1 Å². The molecule has 0 radical (unpaired) electrons. The average molecular weight is 374 g/mol. The zero-order valence-corrected chi connectivity index (χ0v) is 17.2. The van der Waals surface area contributed by atoms with E-state index in [0.29, 0.717) is 12.5 Å². The van der Waals surface area contributed by atoms with Crippen LogP contribution in [0.25, 0.3) is 0 Å². The molecule has 0 spiro atoms. The van der Waals surface area contributed by atoms with Crippen LogP contribution in [0, 0.1) is 5.92 Å². The Bertz CT molecular complexity index is 624. The van der Waals surface area contributed by atoms with Crippen LogP contribution in [0.2, 0.25) is 0 Å². The number of hydrogen-bond donors (Lipinski definition) is 1. The molecular weight excluding hydrogens is 338 g/mol. The van der Waals surface area contributed by atoms with Gasteiger partial charge >= 0.3 is 0 Å². The third-order valence-corrected chi connectivity index (χ3v) is 5.58. The van der Waals surface area contributed by atoms with Crippen LogP contribution in [0.5, 0.6) is 5.75 Å². The van der Waals surface area contributed by atoms with Crippen LogP contribution in [0.15, 0.2) is 18.2 Å². The van der Waals surface area contributed by atoms with Crippen LogP contribution in [-0.4, -0.2) is 61.1 Å². The summed E-state index contributed by atoms with van der Waals surface area (Å²) in [6.45, 7) is 12.8. The van der Waals surface area contributed by atoms with Crippen molar-refractivity contribution in [1.29, 1.82) is 0 Å². The molecule has 27 heavy (non-hydrogen) atoms. The lowest BCUT2D eigenvalue weighted by Gasteiger charge is -2.34. The maximum absolute atomic E-state index is 12.3. The van der Waals surface area contributed by atoms with Crippen molar-refractivity contribution in [2.75, 3.05) is 39.3 Å². The van der Waals surface area contributed by atoms with Gasteiger partial charge in [0.2, 0.25) is 5.91 Å². The predicted molar refractivity (Wildman–Crippen MR) is 109 cm³/mol. The molecule has 1 amide bonds. The van der Waals surface area contributed by atoms with E-state index in [-0.39, 0.29) is 11.9 Å². The number of nitrogens with one attached hydrogen (secondary N) is 1.